The van der Waals surface area contributed by atoms with E-state index in [2.05, 4.69) is 32.5 Å². The van der Waals surface area contributed by atoms with Gasteiger partial charge in [-0.25, -0.2) is 13.9 Å². The van der Waals surface area contributed by atoms with E-state index >= 15 is 0 Å². The highest BCUT2D eigenvalue weighted by atomic mass is 19.1. The largest absolute Gasteiger partial charge is 0.368 e. The lowest BCUT2D eigenvalue weighted by molar-refractivity contribution is 0.102. The Morgan fingerprint density at radius 1 is 1.24 bits per heavy atom. The van der Waals surface area contributed by atoms with E-state index in [9.17, 15) is 9.18 Å². The number of hydrogen-bond donors (Lipinski definition) is 2. The molecule has 0 aromatic carbocycles. The van der Waals surface area contributed by atoms with Gasteiger partial charge in [0.2, 0.25) is 0 Å². The molecule has 1 amide bonds. The summed E-state index contributed by atoms with van der Waals surface area (Å²) in [6.45, 7) is 8.79. The van der Waals surface area contributed by atoms with Crippen LogP contribution in [0.5, 0.6) is 0 Å². The molecule has 33 heavy (non-hydrogen) atoms. The molecule has 1 aliphatic heterocycles. The number of fused-ring (bicyclic) bond motifs is 2. The zero-order valence-electron chi connectivity index (χ0n) is 19.1. The van der Waals surface area contributed by atoms with Crippen LogP contribution in [-0.2, 0) is 6.42 Å². The van der Waals surface area contributed by atoms with Crippen LogP contribution in [0.4, 0.5) is 15.8 Å². The van der Waals surface area contributed by atoms with Gasteiger partial charge in [0.1, 0.15) is 5.69 Å². The Bertz CT molecular complexity index is 1340. The summed E-state index contributed by atoms with van der Waals surface area (Å²) in [6.07, 6.45) is 5.23. The number of halogens is 1. The molecule has 1 fully saturated rings. The van der Waals surface area contributed by atoms with Crippen molar-refractivity contribution in [3.05, 3.63) is 59.6 Å². The number of imidazole rings is 1. The number of carbonyl (C=O) groups is 1. The number of anilines is 2. The molecule has 0 radical (unpaired) electrons. The molecule has 1 atom stereocenters. The number of nitrogens with one attached hydrogen (secondary N) is 2. The zero-order chi connectivity index (χ0) is 23.1. The van der Waals surface area contributed by atoms with E-state index in [-0.39, 0.29) is 11.6 Å². The molecule has 1 unspecified atom stereocenters. The molecular weight excluding hydrogens is 421 g/mol. The third kappa shape index (κ3) is 3.93. The predicted molar refractivity (Wildman–Crippen MR) is 127 cm³/mol. The summed E-state index contributed by atoms with van der Waals surface area (Å²) in [5.41, 5.74) is 4.59. The summed E-state index contributed by atoms with van der Waals surface area (Å²) in [5.74, 6) is -0.835. The molecule has 0 aliphatic carbocycles. The first-order chi connectivity index (χ1) is 16.0. The first-order valence-electron chi connectivity index (χ1n) is 11.4. The minimum atomic E-state index is -0.488. The second kappa shape index (κ2) is 8.47. The van der Waals surface area contributed by atoms with Gasteiger partial charge in [0, 0.05) is 37.6 Å². The van der Waals surface area contributed by atoms with Gasteiger partial charge in [0.25, 0.3) is 5.91 Å². The van der Waals surface area contributed by atoms with Crippen molar-refractivity contribution >= 4 is 28.4 Å². The van der Waals surface area contributed by atoms with Crippen LogP contribution in [0.25, 0.3) is 11.2 Å². The third-order valence-electron chi connectivity index (χ3n) is 6.15. The van der Waals surface area contributed by atoms with E-state index < -0.39 is 5.82 Å². The van der Waals surface area contributed by atoms with Crippen LogP contribution >= 0.6 is 0 Å². The molecule has 172 valence electrons. The second-order valence-corrected chi connectivity index (χ2v) is 8.52. The van der Waals surface area contributed by atoms with Gasteiger partial charge >= 0.3 is 0 Å². The maximum atomic E-state index is 14.5. The number of nitrogens with zero attached hydrogens (tertiary/aromatic N) is 5. The van der Waals surface area contributed by atoms with Gasteiger partial charge in [-0.15, -0.1) is 0 Å². The van der Waals surface area contributed by atoms with Gasteiger partial charge in [-0.2, -0.15) is 5.10 Å². The van der Waals surface area contributed by atoms with E-state index in [1.54, 1.807) is 34.3 Å². The lowest BCUT2D eigenvalue weighted by atomic mass is 10.2. The minimum Gasteiger partial charge on any atom is -0.368 e. The van der Waals surface area contributed by atoms with Crippen LogP contribution in [0.15, 0.2) is 36.7 Å². The van der Waals surface area contributed by atoms with Gasteiger partial charge < -0.3 is 19.9 Å². The van der Waals surface area contributed by atoms with Gasteiger partial charge in [-0.3, -0.25) is 4.79 Å². The highest BCUT2D eigenvalue weighted by Crippen LogP contribution is 2.28. The molecule has 5 heterocycles. The van der Waals surface area contributed by atoms with Crippen molar-refractivity contribution in [1.29, 1.82) is 0 Å². The Kier molecular flexibility index (Phi) is 5.49. The van der Waals surface area contributed by atoms with Crippen LogP contribution in [0.2, 0.25) is 0 Å². The highest BCUT2D eigenvalue weighted by molar-refractivity contribution is 6.04. The molecule has 1 aliphatic rings. The number of amides is 1. The van der Waals surface area contributed by atoms with Gasteiger partial charge in [-0.05, 0) is 44.5 Å². The number of rotatable bonds is 6. The first-order valence-corrected chi connectivity index (χ1v) is 11.4. The molecule has 4 aromatic heterocycles. The van der Waals surface area contributed by atoms with Crippen molar-refractivity contribution in [2.45, 2.75) is 39.7 Å². The van der Waals surface area contributed by atoms with E-state index in [1.165, 1.54) is 6.07 Å². The Morgan fingerprint density at radius 3 is 2.88 bits per heavy atom. The molecule has 1 saturated heterocycles. The number of aromatic nitrogens is 4. The summed E-state index contributed by atoms with van der Waals surface area (Å²) < 4.78 is 17.8. The van der Waals surface area contributed by atoms with Crippen molar-refractivity contribution in [2.24, 2.45) is 0 Å². The number of carbonyl (C=O) groups excluding carboxylic acids is 1. The maximum Gasteiger partial charge on any atom is 0.274 e. The molecule has 0 spiro atoms. The Labute approximate surface area is 191 Å². The van der Waals surface area contributed by atoms with Crippen LogP contribution in [0, 0.1) is 12.7 Å². The van der Waals surface area contributed by atoms with Crippen LogP contribution in [-0.4, -0.2) is 50.6 Å². The summed E-state index contributed by atoms with van der Waals surface area (Å²) >= 11 is 0. The van der Waals surface area contributed by atoms with E-state index in [0.717, 1.165) is 49.4 Å². The minimum absolute atomic E-state index is 0.235. The second-order valence-electron chi connectivity index (χ2n) is 8.52. The molecule has 8 nitrogen and oxygen atoms in total. The maximum absolute atomic E-state index is 14.5. The highest BCUT2D eigenvalue weighted by Gasteiger charge is 2.25. The molecule has 5 rings (SSSR count). The topological polar surface area (TPSA) is 79.0 Å². The predicted octanol–water partition coefficient (Wildman–Crippen LogP) is 3.43. The Morgan fingerprint density at radius 2 is 2.09 bits per heavy atom. The number of hydrogen-bond acceptors (Lipinski definition) is 5. The third-order valence-corrected chi connectivity index (χ3v) is 6.15. The fourth-order valence-electron chi connectivity index (χ4n) is 4.60. The number of pyridine rings is 2. The summed E-state index contributed by atoms with van der Waals surface area (Å²) in [6, 6.07) is 7.58. The molecule has 0 bridgehead atoms. The van der Waals surface area contributed by atoms with Gasteiger partial charge in [-0.1, -0.05) is 13.8 Å². The molecule has 9 heteroatoms. The Hall–Kier alpha value is -3.46. The van der Waals surface area contributed by atoms with E-state index in [1.807, 2.05) is 19.1 Å². The van der Waals surface area contributed by atoms with Crippen molar-refractivity contribution in [1.82, 2.24) is 24.3 Å². The van der Waals surface area contributed by atoms with E-state index in [4.69, 9.17) is 0 Å². The monoisotopic (exact) mass is 449 g/mol. The van der Waals surface area contributed by atoms with Crippen molar-refractivity contribution < 1.29 is 9.18 Å². The molecular formula is C24H28FN7O. The van der Waals surface area contributed by atoms with Gasteiger partial charge in [0.05, 0.1) is 28.3 Å². The fourth-order valence-corrected chi connectivity index (χ4v) is 4.60. The first kappa shape index (κ1) is 21.4. The van der Waals surface area contributed by atoms with Crippen molar-refractivity contribution in [3.63, 3.8) is 0 Å². The average molecular weight is 450 g/mol. The Balaban J connectivity index is 1.48. The lowest BCUT2D eigenvalue weighted by Gasteiger charge is -2.20. The quantitative estimate of drug-likeness (QED) is 0.472. The SMILES string of the molecule is CCNC1CCN(c2ccc(C(=O)Nc3cc(F)c4nc(C)cn4c3)n3nc(CC)cc23)C1. The van der Waals surface area contributed by atoms with Crippen LogP contribution in [0.3, 0.4) is 0 Å². The van der Waals surface area contributed by atoms with Crippen molar-refractivity contribution in [2.75, 3.05) is 29.9 Å². The normalized spacial score (nSPS) is 16.2. The average Bonchev–Trinajstić information content (AvgIpc) is 3.51. The number of aryl methyl sites for hydroxylation is 2. The standard InChI is InChI=1S/C24H28FN7O/c1-4-16-11-22-20(30-9-8-17(13-30)26-5-2)6-7-21(32(22)29-16)24(33)28-18-10-19(25)23-27-15(3)12-31(23)14-18/h6-7,10-12,14,17,26H,4-5,8-9,13H2,1-3H3,(H,28,33). The smallest absolute Gasteiger partial charge is 0.274 e. The molecule has 2 N–H and O–H groups in total. The van der Waals surface area contributed by atoms with Crippen LogP contribution in [0.1, 0.15) is 42.1 Å². The number of likely N-dealkylation sites (N-methyl/N-ethyl adjacent to an activating group) is 1. The summed E-state index contributed by atoms with van der Waals surface area (Å²) in [7, 11) is 0. The fraction of sp³-hybridized carbons (Fsp3) is 0.375. The van der Waals surface area contributed by atoms with E-state index in [0.29, 0.717) is 23.1 Å². The lowest BCUT2D eigenvalue weighted by Crippen LogP contribution is -2.32. The summed E-state index contributed by atoms with van der Waals surface area (Å²) in [5, 5.41) is 11.0. The van der Waals surface area contributed by atoms with Crippen LogP contribution < -0.4 is 15.5 Å². The van der Waals surface area contributed by atoms with Crippen molar-refractivity contribution in [3.8, 4) is 0 Å². The molecule has 4 aromatic rings. The zero-order valence-corrected chi connectivity index (χ0v) is 19.1. The summed E-state index contributed by atoms with van der Waals surface area (Å²) in [4.78, 5) is 19.7. The van der Waals surface area contributed by atoms with Gasteiger partial charge in [0.15, 0.2) is 11.5 Å². The molecule has 0 saturated carbocycles.